The molecule has 2 aromatic heterocycles. The number of benzene rings is 3. The van der Waals surface area contributed by atoms with Crippen LogP contribution < -0.4 is 5.43 Å². The summed E-state index contributed by atoms with van der Waals surface area (Å²) in [6.07, 6.45) is 0. The first-order chi connectivity index (χ1) is 15.9. The summed E-state index contributed by atoms with van der Waals surface area (Å²) < 4.78 is 38.0. The molecule has 5 aromatic rings. The third-order valence-corrected chi connectivity index (χ3v) is 4.99. The number of halogens is 2. The lowest BCUT2D eigenvalue weighted by molar-refractivity contribution is 0.0461. The molecule has 0 fully saturated rings. The topological polar surface area (TPSA) is 118 Å². The van der Waals surface area contributed by atoms with E-state index < -0.39 is 29.6 Å². The van der Waals surface area contributed by atoms with Crippen molar-refractivity contribution in [1.82, 2.24) is 15.1 Å². The molecule has 3 aromatic carbocycles. The Bertz CT molecular complexity index is 1610. The molecule has 0 radical (unpaired) electrons. The Morgan fingerprint density at radius 1 is 1.06 bits per heavy atom. The predicted octanol–water partition coefficient (Wildman–Crippen LogP) is 4.07. The molecule has 10 heteroatoms. The molecule has 8 nitrogen and oxygen atoms in total. The Kier molecular flexibility index (Phi) is 4.82. The number of carbonyl (C=O) groups is 1. The van der Waals surface area contributed by atoms with Crippen molar-refractivity contribution >= 4 is 27.8 Å². The highest BCUT2D eigenvalue weighted by atomic mass is 19.1. The van der Waals surface area contributed by atoms with Crippen LogP contribution in [-0.2, 0) is 11.3 Å². The van der Waals surface area contributed by atoms with Crippen molar-refractivity contribution in [3.05, 3.63) is 87.8 Å². The van der Waals surface area contributed by atoms with Gasteiger partial charge in [0.1, 0.15) is 17.4 Å². The number of carbonyl (C=O) groups excluding carboxylic acids is 1. The van der Waals surface area contributed by atoms with Crippen molar-refractivity contribution in [3.8, 4) is 17.2 Å². The standard InChI is InChI=1S/C23H13F2N3O5/c24-11-5-6-17-14(7-11)21(30)15-8-12(25)9-16(20(15)26-17)23(31)32-10-19-27-22(33-28-19)13-3-1-2-4-18(13)29/h1-9,29H,10H2,(H,26,30). The van der Waals surface area contributed by atoms with Crippen molar-refractivity contribution in [2.75, 3.05) is 0 Å². The SMILES string of the molecule is O=C(OCc1noc(-c2ccccc2O)n1)c1cc(F)cc2c(=O)c3cc(F)ccc3[nH]c12. The number of esters is 1. The van der Waals surface area contributed by atoms with E-state index in [0.29, 0.717) is 5.56 Å². The maximum Gasteiger partial charge on any atom is 0.340 e. The molecule has 164 valence electrons. The number of para-hydroxylation sites is 1. The van der Waals surface area contributed by atoms with Gasteiger partial charge in [0.15, 0.2) is 12.0 Å². The summed E-state index contributed by atoms with van der Waals surface area (Å²) in [4.78, 5) is 32.4. The quantitative estimate of drug-likeness (QED) is 0.314. The van der Waals surface area contributed by atoms with Crippen LogP contribution in [0.1, 0.15) is 16.2 Å². The third kappa shape index (κ3) is 3.67. The zero-order valence-electron chi connectivity index (χ0n) is 16.6. The molecule has 0 atom stereocenters. The van der Waals surface area contributed by atoms with Crippen LogP contribution in [0.3, 0.4) is 0 Å². The van der Waals surface area contributed by atoms with E-state index in [1.165, 1.54) is 12.1 Å². The molecule has 2 heterocycles. The van der Waals surface area contributed by atoms with Crippen molar-refractivity contribution in [1.29, 1.82) is 0 Å². The molecular formula is C23H13F2N3O5. The Balaban J connectivity index is 1.47. The minimum absolute atomic E-state index is 0.0109. The highest BCUT2D eigenvalue weighted by molar-refractivity contribution is 6.05. The number of phenols is 1. The maximum absolute atomic E-state index is 14.2. The Hall–Kier alpha value is -4.60. The molecule has 0 aliphatic heterocycles. The molecule has 0 saturated heterocycles. The highest BCUT2D eigenvalue weighted by Gasteiger charge is 2.19. The monoisotopic (exact) mass is 449 g/mol. The van der Waals surface area contributed by atoms with Gasteiger partial charge in [-0.3, -0.25) is 4.79 Å². The maximum atomic E-state index is 14.2. The molecular weight excluding hydrogens is 436 g/mol. The van der Waals surface area contributed by atoms with Crippen LogP contribution in [0.25, 0.3) is 33.3 Å². The minimum atomic E-state index is -0.939. The third-order valence-electron chi connectivity index (χ3n) is 4.99. The number of pyridine rings is 1. The number of ether oxygens (including phenoxy) is 1. The van der Waals surface area contributed by atoms with Crippen molar-refractivity contribution in [2.24, 2.45) is 0 Å². The molecule has 0 unspecified atom stereocenters. The summed E-state index contributed by atoms with van der Waals surface area (Å²) in [5.41, 5.74) is -0.219. The smallest absolute Gasteiger partial charge is 0.340 e. The number of aromatic amines is 1. The van der Waals surface area contributed by atoms with Crippen molar-refractivity contribution in [2.45, 2.75) is 6.61 Å². The van der Waals surface area contributed by atoms with Gasteiger partial charge in [0.25, 0.3) is 5.89 Å². The van der Waals surface area contributed by atoms with Crippen molar-refractivity contribution < 1.29 is 27.9 Å². The van der Waals surface area contributed by atoms with Gasteiger partial charge >= 0.3 is 5.97 Å². The number of aromatic hydroxyl groups is 1. The van der Waals surface area contributed by atoms with Gasteiger partial charge in [-0.05, 0) is 42.5 Å². The molecule has 0 saturated carbocycles. The first kappa shape index (κ1) is 20.3. The number of nitrogens with one attached hydrogen (secondary N) is 1. The zero-order valence-corrected chi connectivity index (χ0v) is 16.6. The van der Waals surface area contributed by atoms with E-state index in [1.807, 2.05) is 0 Å². The van der Waals surface area contributed by atoms with Gasteiger partial charge < -0.3 is 19.4 Å². The van der Waals surface area contributed by atoms with Gasteiger partial charge in [-0.15, -0.1) is 0 Å². The van der Waals surface area contributed by atoms with E-state index in [1.54, 1.807) is 18.2 Å². The van der Waals surface area contributed by atoms with Gasteiger partial charge in [0.05, 0.1) is 16.6 Å². The Labute approximate surface area is 183 Å². The number of rotatable bonds is 4. The number of nitrogens with zero attached hydrogens (tertiary/aromatic N) is 2. The first-order valence-electron chi connectivity index (χ1n) is 9.63. The number of hydrogen-bond acceptors (Lipinski definition) is 7. The normalized spacial score (nSPS) is 11.2. The lowest BCUT2D eigenvalue weighted by Crippen LogP contribution is -2.12. The molecule has 0 amide bonds. The lowest BCUT2D eigenvalue weighted by atomic mass is 10.1. The summed E-state index contributed by atoms with van der Waals surface area (Å²) in [7, 11) is 0. The van der Waals surface area contributed by atoms with E-state index in [2.05, 4.69) is 15.1 Å². The number of phenolic OH excluding ortho intramolecular Hbond substituents is 1. The zero-order chi connectivity index (χ0) is 23.1. The van der Waals surface area contributed by atoms with Crippen LogP contribution >= 0.6 is 0 Å². The van der Waals surface area contributed by atoms with Gasteiger partial charge in [-0.25, -0.2) is 13.6 Å². The average molecular weight is 449 g/mol. The van der Waals surface area contributed by atoms with Crippen LogP contribution in [0, 0.1) is 11.6 Å². The van der Waals surface area contributed by atoms with E-state index in [0.717, 1.165) is 24.3 Å². The summed E-state index contributed by atoms with van der Waals surface area (Å²) in [5.74, 6) is -2.42. The average Bonchev–Trinajstić information content (AvgIpc) is 3.27. The molecule has 33 heavy (non-hydrogen) atoms. The Morgan fingerprint density at radius 3 is 2.67 bits per heavy atom. The van der Waals surface area contributed by atoms with Crippen LogP contribution in [0.2, 0.25) is 0 Å². The Morgan fingerprint density at radius 2 is 1.85 bits per heavy atom. The first-order valence-corrected chi connectivity index (χ1v) is 9.63. The lowest BCUT2D eigenvalue weighted by Gasteiger charge is -2.08. The second-order valence-corrected chi connectivity index (χ2v) is 7.13. The van der Waals surface area contributed by atoms with Gasteiger partial charge in [0, 0.05) is 16.3 Å². The molecule has 0 bridgehead atoms. The van der Waals surface area contributed by atoms with E-state index >= 15 is 0 Å². The van der Waals surface area contributed by atoms with Gasteiger partial charge in [-0.1, -0.05) is 17.3 Å². The largest absolute Gasteiger partial charge is 0.507 e. The van der Waals surface area contributed by atoms with Crippen LogP contribution in [0.5, 0.6) is 5.75 Å². The van der Waals surface area contributed by atoms with Gasteiger partial charge in [0.2, 0.25) is 5.82 Å². The fourth-order valence-corrected chi connectivity index (χ4v) is 3.46. The predicted molar refractivity (Wildman–Crippen MR) is 113 cm³/mol. The van der Waals surface area contributed by atoms with Crippen LogP contribution in [-0.4, -0.2) is 26.2 Å². The summed E-state index contributed by atoms with van der Waals surface area (Å²) in [6.45, 7) is -0.406. The number of H-pyrrole nitrogens is 1. The van der Waals surface area contributed by atoms with Crippen LogP contribution in [0.4, 0.5) is 8.78 Å². The molecule has 0 spiro atoms. The van der Waals surface area contributed by atoms with E-state index in [9.17, 15) is 23.5 Å². The summed E-state index contributed by atoms with van der Waals surface area (Å²) in [6, 6.07) is 11.8. The summed E-state index contributed by atoms with van der Waals surface area (Å²) in [5, 5.41) is 13.5. The van der Waals surface area contributed by atoms with E-state index in [-0.39, 0.29) is 44.8 Å². The highest BCUT2D eigenvalue weighted by Crippen LogP contribution is 2.27. The molecule has 2 N–H and O–H groups in total. The van der Waals surface area contributed by atoms with Crippen LogP contribution in [0.15, 0.2) is 63.9 Å². The molecule has 0 aliphatic carbocycles. The fraction of sp³-hybridized carbons (Fsp3) is 0.0435. The second-order valence-electron chi connectivity index (χ2n) is 7.13. The van der Waals surface area contributed by atoms with Gasteiger partial charge in [-0.2, -0.15) is 4.98 Å². The number of hydrogen-bond donors (Lipinski definition) is 2. The second kappa shape index (κ2) is 7.83. The van der Waals surface area contributed by atoms with E-state index in [4.69, 9.17) is 9.26 Å². The molecule has 5 rings (SSSR count). The fourth-order valence-electron chi connectivity index (χ4n) is 3.46. The number of fused-ring (bicyclic) bond motifs is 2. The number of aromatic nitrogens is 3. The summed E-state index contributed by atoms with van der Waals surface area (Å²) >= 11 is 0. The van der Waals surface area contributed by atoms with Crippen molar-refractivity contribution in [3.63, 3.8) is 0 Å². The molecule has 0 aliphatic rings. The minimum Gasteiger partial charge on any atom is -0.507 e.